The number of amides is 3. The van der Waals surface area contributed by atoms with Gasteiger partial charge in [0.1, 0.15) is 38.1 Å². The molecular weight excluding hydrogens is 1570 g/mol. The van der Waals surface area contributed by atoms with E-state index in [1.807, 2.05) is 159 Å². The highest BCUT2D eigenvalue weighted by molar-refractivity contribution is 7.19. The largest absolute Gasteiger partial charge is 0.476 e. The van der Waals surface area contributed by atoms with Crippen LogP contribution in [-0.4, -0.2) is 200 Å². The molecule has 1 saturated carbocycles. The molecule has 15 aromatic heterocycles. The van der Waals surface area contributed by atoms with Crippen molar-refractivity contribution in [2.24, 2.45) is 5.73 Å². The van der Waals surface area contributed by atoms with Crippen LogP contribution in [0.15, 0.2) is 158 Å². The van der Waals surface area contributed by atoms with Crippen molar-refractivity contribution in [2.45, 2.75) is 75.8 Å². The number of nitrogens with two attached hydrogens (primary N) is 2. The van der Waals surface area contributed by atoms with E-state index in [2.05, 4.69) is 55.7 Å². The molecule has 3 amide bonds. The summed E-state index contributed by atoms with van der Waals surface area (Å²) in [5.41, 5.74) is 22.9. The molecule has 3 fully saturated rings. The van der Waals surface area contributed by atoms with Crippen molar-refractivity contribution in [3.05, 3.63) is 193 Å². The highest BCUT2D eigenvalue weighted by atomic mass is 32.1. The molecule has 17 heterocycles. The SMILES string of the molecule is CN(C)c1sc(C(=O)N[C@@H]2[C@@H](N)CCCC2(F)F)nc1-c1cnn2ccccc12.CN(C)c1sc(C(=O)O)nc1-c1cnn2ccccc12.Nc1sc(C(=O)N2CCCCC2)nc1-c1cnn2ccccc12.O=C(O)c1nc(-c2cnn3ccccc23)cs1.O=C(c1nc(-c2cnn3ccccc23)c([N+](=O)[O-])s1)N1CCCCC1. The van der Waals surface area contributed by atoms with Crippen LogP contribution in [0.4, 0.5) is 28.8 Å². The third kappa shape index (κ3) is 16.6. The van der Waals surface area contributed by atoms with Crippen molar-refractivity contribution >= 4 is 134 Å². The molecule has 18 rings (SSSR count). The Morgan fingerprint density at radius 1 is 0.509 bits per heavy atom. The number of nitrogens with zero attached hydrogens (tertiary/aromatic N) is 20. The molecule has 0 aromatic carbocycles. The summed E-state index contributed by atoms with van der Waals surface area (Å²) in [6, 6.07) is 26.2. The summed E-state index contributed by atoms with van der Waals surface area (Å²) in [4.78, 5) is 99.9. The average Bonchev–Trinajstić information content (AvgIpc) is 1.64. The molecule has 32 nitrogen and oxygen atoms in total. The number of carboxylic acids is 2. The topological polar surface area (TPSA) is 397 Å². The lowest BCUT2D eigenvalue weighted by Gasteiger charge is -2.36. The average molecular weight is 1640 g/mol. The maximum absolute atomic E-state index is 14.3. The van der Waals surface area contributed by atoms with Gasteiger partial charge < -0.3 is 46.6 Å². The molecule has 7 N–H and O–H groups in total. The van der Waals surface area contributed by atoms with E-state index in [1.165, 1.54) is 17.8 Å². The van der Waals surface area contributed by atoms with E-state index in [1.54, 1.807) is 70.0 Å². The Hall–Kier alpha value is -12.4. The molecule has 3 aliphatic rings. The van der Waals surface area contributed by atoms with E-state index in [4.69, 9.17) is 21.7 Å². The minimum Gasteiger partial charge on any atom is -0.476 e. The van der Waals surface area contributed by atoms with Gasteiger partial charge in [-0.15, -0.1) is 11.3 Å². The highest BCUT2D eigenvalue weighted by Gasteiger charge is 2.47. The Morgan fingerprint density at radius 3 is 1.32 bits per heavy atom. The number of thiazole rings is 5. The molecule has 2 saturated heterocycles. The number of likely N-dealkylation sites (tertiary alicyclic amines) is 2. The van der Waals surface area contributed by atoms with Gasteiger partial charge in [0.25, 0.3) is 23.6 Å². The van der Waals surface area contributed by atoms with Crippen LogP contribution in [0.3, 0.4) is 0 Å². The fourth-order valence-corrected chi connectivity index (χ4v) is 17.4. The minimum absolute atomic E-state index is 0.0101. The Balaban J connectivity index is 0.000000119. The summed E-state index contributed by atoms with van der Waals surface area (Å²) in [7, 11) is 7.42. The molecule has 15 aromatic rings. The van der Waals surface area contributed by atoms with Gasteiger partial charge in [-0.1, -0.05) is 64.3 Å². The van der Waals surface area contributed by atoms with E-state index in [9.17, 15) is 42.9 Å². The van der Waals surface area contributed by atoms with Gasteiger partial charge in [-0.2, -0.15) is 25.5 Å². The number of hydrogen-bond donors (Lipinski definition) is 5. The van der Waals surface area contributed by atoms with Gasteiger partial charge in [-0.25, -0.2) is 65.9 Å². The van der Waals surface area contributed by atoms with Crippen LogP contribution in [0.2, 0.25) is 0 Å². The fourth-order valence-electron chi connectivity index (χ4n) is 13.3. The zero-order valence-corrected chi connectivity index (χ0v) is 65.6. The summed E-state index contributed by atoms with van der Waals surface area (Å²) in [6.45, 7) is 2.98. The maximum Gasteiger partial charge on any atom is 0.365 e. The maximum atomic E-state index is 14.3. The number of rotatable bonds is 14. The van der Waals surface area contributed by atoms with Crippen LogP contribution in [0.25, 0.3) is 83.9 Å². The van der Waals surface area contributed by atoms with Crippen molar-refractivity contribution in [2.75, 3.05) is 69.9 Å². The van der Waals surface area contributed by atoms with Crippen LogP contribution in [0.1, 0.15) is 107 Å². The van der Waals surface area contributed by atoms with Gasteiger partial charge in [0.15, 0.2) is 20.7 Å². The number of halogens is 2. The van der Waals surface area contributed by atoms with Gasteiger partial charge >= 0.3 is 16.9 Å². The number of nitro groups is 1. The van der Waals surface area contributed by atoms with Gasteiger partial charge in [-0.05, 0) is 123 Å². The Labute approximate surface area is 667 Å². The lowest BCUT2D eigenvalue weighted by Crippen LogP contribution is -2.59. The zero-order chi connectivity index (χ0) is 80.1. The van der Waals surface area contributed by atoms with Crippen molar-refractivity contribution in [1.29, 1.82) is 0 Å². The Kier molecular flexibility index (Phi) is 23.3. The number of hydrogen-bond acceptors (Lipinski definition) is 26. The second-order valence-electron chi connectivity index (χ2n) is 26.9. The highest BCUT2D eigenvalue weighted by Crippen LogP contribution is 2.42. The van der Waals surface area contributed by atoms with Crippen LogP contribution < -0.4 is 26.6 Å². The molecule has 0 spiro atoms. The first kappa shape index (κ1) is 78.3. The smallest absolute Gasteiger partial charge is 0.365 e. The van der Waals surface area contributed by atoms with Crippen molar-refractivity contribution in [3.63, 3.8) is 0 Å². The van der Waals surface area contributed by atoms with Crippen molar-refractivity contribution in [3.8, 4) is 56.3 Å². The fraction of sp³-hybridized carbons (Fsp3) is 0.267. The quantitative estimate of drug-likeness (QED) is 0.0498. The number of carbonyl (C=O) groups is 5. The predicted molar refractivity (Wildman–Crippen MR) is 433 cm³/mol. The van der Waals surface area contributed by atoms with Crippen molar-refractivity contribution < 1.29 is 47.9 Å². The number of fused-ring (bicyclic) bond motifs is 5. The number of aromatic carboxylic acids is 2. The number of pyridine rings is 5. The molecule has 586 valence electrons. The number of nitrogen functional groups attached to an aromatic ring is 1. The summed E-state index contributed by atoms with van der Waals surface area (Å²) in [5, 5.41) is 57.8. The molecule has 2 aliphatic heterocycles. The predicted octanol–water partition coefficient (Wildman–Crippen LogP) is 12.8. The summed E-state index contributed by atoms with van der Waals surface area (Å²) < 4.78 is 37.2. The first-order valence-electron chi connectivity index (χ1n) is 35.9. The Morgan fingerprint density at radius 2 is 0.895 bits per heavy atom. The van der Waals surface area contributed by atoms with E-state index < -0.39 is 40.8 Å². The standard InChI is InChI=1S/C19H22F2N6OS.C16H15N5O3S.C16H17N5OS.C13H12N4O2S.C11H7N3O2S/c1-26(2)18-14(11-10-23-27-9-4-3-7-13(11)27)24-17(29-18)16(28)25-15-12(22)6-5-8-19(15,20)21;22-15(19-7-3-1-4-8-19)14-18-13(16(25-14)21(23)24)11-10-17-20-9-5-2-6-12(11)20;17-14-13(11-10-18-21-9-5-2-6-12(11)21)19-15(23-14)16(22)20-7-3-1-4-8-20;1-16(2)12-10(15-11(20-12)13(18)19)8-7-14-17-6-4-3-5-9(8)17;15-11(16)10-13-8(6-17-10)7-5-12-14-4-2-1-3-9(7)14/h3-4,7,9-10,12,15H,5-6,8,22H2,1-2H3,(H,25,28);2,5-6,9-10H,1,3-4,7-8H2;2,5-6,9-10H,1,3-4,7-8,17H2;3-7H,1-2H3,(H,18,19);1-6H,(H,15,16)/t12-,15+;;;;/m0..../s1. The molecule has 0 radical (unpaired) electrons. The van der Waals surface area contributed by atoms with Crippen LogP contribution in [-0.2, 0) is 0 Å². The monoisotopic (exact) mass is 1640 g/mol. The second-order valence-corrected chi connectivity index (χ2v) is 31.7. The lowest BCUT2D eigenvalue weighted by molar-refractivity contribution is -0.379. The Bertz CT molecular complexity index is 6040. The molecule has 1 aliphatic carbocycles. The van der Waals surface area contributed by atoms with E-state index in [0.29, 0.717) is 69.8 Å². The number of anilines is 3. The molecular formula is C75H73F2N23O9S5. The molecule has 39 heteroatoms. The number of aromatic nitrogens is 15. The number of nitrogens with one attached hydrogen (secondary N) is 1. The first-order valence-corrected chi connectivity index (χ1v) is 40.0. The number of alkyl halides is 2. The molecule has 2 atom stereocenters. The normalized spacial score (nSPS) is 15.3. The van der Waals surface area contributed by atoms with Gasteiger partial charge in [0.05, 0.1) is 74.7 Å². The van der Waals surface area contributed by atoms with Crippen LogP contribution >= 0.6 is 56.7 Å². The molecule has 0 unspecified atom stereocenters. The third-order valence-corrected chi connectivity index (χ3v) is 24.0. The summed E-state index contributed by atoms with van der Waals surface area (Å²) in [6.07, 6.45) is 24.4. The van der Waals surface area contributed by atoms with Gasteiger partial charge in [0, 0.05) is 125 Å². The number of carboxylic acid groups (broad SMARTS) is 2. The van der Waals surface area contributed by atoms with E-state index in [0.717, 1.165) is 145 Å². The summed E-state index contributed by atoms with van der Waals surface area (Å²) >= 11 is 5.53. The lowest BCUT2D eigenvalue weighted by atomic mass is 9.87. The molecule has 0 bridgehead atoms. The van der Waals surface area contributed by atoms with Crippen LogP contribution in [0.5, 0.6) is 0 Å². The minimum atomic E-state index is -3.03. The van der Waals surface area contributed by atoms with Gasteiger partial charge in [-0.3, -0.25) is 24.5 Å². The van der Waals surface area contributed by atoms with Gasteiger partial charge in [0.2, 0.25) is 10.0 Å². The molecule has 114 heavy (non-hydrogen) atoms. The van der Waals surface area contributed by atoms with E-state index in [-0.39, 0.29) is 49.0 Å². The van der Waals surface area contributed by atoms with Crippen LogP contribution in [0, 0.1) is 10.1 Å². The number of piperidine rings is 2. The third-order valence-electron chi connectivity index (χ3n) is 18.8. The zero-order valence-electron chi connectivity index (χ0n) is 61.5. The number of carbonyl (C=O) groups excluding carboxylic acids is 3. The summed E-state index contributed by atoms with van der Waals surface area (Å²) in [5.74, 6) is -5.92. The first-order chi connectivity index (χ1) is 55.0. The van der Waals surface area contributed by atoms with Crippen molar-refractivity contribution in [1.82, 2.24) is 88.1 Å². The van der Waals surface area contributed by atoms with E-state index >= 15 is 0 Å². The second kappa shape index (κ2) is 33.9.